The van der Waals surface area contributed by atoms with Crippen LogP contribution in [0.3, 0.4) is 0 Å². The van der Waals surface area contributed by atoms with Gasteiger partial charge in [-0.3, -0.25) is 4.79 Å². The minimum atomic E-state index is -0.0517. The number of anilines is 1. The Morgan fingerprint density at radius 3 is 2.70 bits per heavy atom. The number of amides is 1. The van der Waals surface area contributed by atoms with Gasteiger partial charge in [-0.25, -0.2) is 9.97 Å². The van der Waals surface area contributed by atoms with Gasteiger partial charge in [0.1, 0.15) is 11.6 Å². The summed E-state index contributed by atoms with van der Waals surface area (Å²) in [6.07, 6.45) is 6.18. The van der Waals surface area contributed by atoms with E-state index in [1.165, 1.54) is 0 Å². The van der Waals surface area contributed by atoms with Crippen molar-refractivity contribution in [3.63, 3.8) is 0 Å². The number of rotatable bonds is 3. The van der Waals surface area contributed by atoms with Crippen LogP contribution >= 0.6 is 0 Å². The number of hydrogen-bond acceptors (Lipinski definition) is 4. The Labute approximate surface area is 139 Å². The quantitative estimate of drug-likeness (QED) is 0.860. The zero-order valence-corrected chi connectivity index (χ0v) is 14.7. The second kappa shape index (κ2) is 6.10. The molecule has 1 saturated heterocycles. The molecular weight excluding hydrogens is 288 g/mol. The van der Waals surface area contributed by atoms with Crippen molar-refractivity contribution in [2.24, 2.45) is 5.92 Å². The third-order valence-electron chi connectivity index (χ3n) is 4.85. The number of nitrogens with zero attached hydrogens (tertiary/aromatic N) is 4. The molecule has 0 radical (unpaired) electrons. The van der Waals surface area contributed by atoms with Crippen LogP contribution in [0.4, 0.5) is 5.82 Å². The maximum Gasteiger partial charge on any atom is 0.225 e. The van der Waals surface area contributed by atoms with Crippen LogP contribution in [0, 0.1) is 5.92 Å². The Morgan fingerprint density at radius 2 is 2.04 bits per heavy atom. The molecule has 1 aliphatic carbocycles. The number of piperidine rings is 1. The number of aromatic nitrogens is 2. The first-order valence-electron chi connectivity index (χ1n) is 8.71. The van der Waals surface area contributed by atoms with Gasteiger partial charge < -0.3 is 9.80 Å². The maximum atomic E-state index is 12.3. The van der Waals surface area contributed by atoms with Gasteiger partial charge in [0, 0.05) is 43.7 Å². The van der Waals surface area contributed by atoms with Gasteiger partial charge in [-0.15, -0.1) is 0 Å². The first kappa shape index (κ1) is 16.2. The van der Waals surface area contributed by atoms with Crippen LogP contribution in [0.25, 0.3) is 0 Å². The van der Waals surface area contributed by atoms with E-state index in [0.29, 0.717) is 17.9 Å². The molecule has 5 nitrogen and oxygen atoms in total. The average molecular weight is 316 g/mol. The van der Waals surface area contributed by atoms with Crippen molar-refractivity contribution in [1.82, 2.24) is 14.9 Å². The summed E-state index contributed by atoms with van der Waals surface area (Å²) in [5, 5.41) is 0. The molecule has 3 rings (SSSR count). The molecule has 5 heteroatoms. The second-order valence-corrected chi connectivity index (χ2v) is 7.95. The van der Waals surface area contributed by atoms with Crippen molar-refractivity contribution in [1.29, 1.82) is 0 Å². The lowest BCUT2D eigenvalue weighted by Crippen LogP contribution is -2.49. The number of carbonyl (C=O) groups excluding carboxylic acids is 1. The van der Waals surface area contributed by atoms with Gasteiger partial charge in [0.25, 0.3) is 0 Å². The van der Waals surface area contributed by atoms with E-state index < -0.39 is 0 Å². The molecule has 1 atom stereocenters. The van der Waals surface area contributed by atoms with E-state index in [2.05, 4.69) is 30.7 Å². The molecule has 1 aliphatic heterocycles. The van der Waals surface area contributed by atoms with E-state index in [1.54, 1.807) is 0 Å². The van der Waals surface area contributed by atoms with Crippen LogP contribution in [0.5, 0.6) is 0 Å². The average Bonchev–Trinajstić information content (AvgIpc) is 3.38. The molecule has 2 aliphatic rings. The second-order valence-electron chi connectivity index (χ2n) is 7.95. The van der Waals surface area contributed by atoms with Crippen molar-refractivity contribution < 1.29 is 4.79 Å². The maximum absolute atomic E-state index is 12.3. The fourth-order valence-corrected chi connectivity index (χ4v) is 3.16. The number of carbonyl (C=O) groups is 1. The molecule has 0 N–H and O–H groups in total. The summed E-state index contributed by atoms with van der Waals surface area (Å²) in [6.45, 7) is 8.27. The van der Waals surface area contributed by atoms with Crippen molar-refractivity contribution >= 4 is 11.7 Å². The summed E-state index contributed by atoms with van der Waals surface area (Å²) in [6, 6.07) is 2.28. The predicted molar refractivity (Wildman–Crippen MR) is 91.5 cm³/mol. The molecule has 126 valence electrons. The molecule has 0 aromatic carbocycles. The molecule has 1 aromatic rings. The molecule has 1 amide bonds. The van der Waals surface area contributed by atoms with Crippen molar-refractivity contribution in [2.75, 3.05) is 25.0 Å². The first-order chi connectivity index (χ1) is 10.9. The van der Waals surface area contributed by atoms with Gasteiger partial charge in [0.15, 0.2) is 0 Å². The fourth-order valence-electron chi connectivity index (χ4n) is 3.16. The van der Waals surface area contributed by atoms with Crippen LogP contribution in [0.2, 0.25) is 0 Å². The van der Waals surface area contributed by atoms with Gasteiger partial charge in [0.05, 0.1) is 0 Å². The highest BCUT2D eigenvalue weighted by Crippen LogP contribution is 2.32. The molecular formula is C18H28N4O. The number of likely N-dealkylation sites (N-methyl/N-ethyl adjacent to an activating group) is 1. The van der Waals surface area contributed by atoms with Gasteiger partial charge in [-0.1, -0.05) is 20.8 Å². The largest absolute Gasteiger partial charge is 0.354 e. The van der Waals surface area contributed by atoms with Gasteiger partial charge >= 0.3 is 0 Å². The third kappa shape index (κ3) is 3.65. The summed E-state index contributed by atoms with van der Waals surface area (Å²) in [7, 11) is 1.97. The van der Waals surface area contributed by atoms with E-state index in [-0.39, 0.29) is 5.41 Å². The van der Waals surface area contributed by atoms with Crippen molar-refractivity contribution in [2.45, 2.75) is 57.9 Å². The highest BCUT2D eigenvalue weighted by Gasteiger charge is 2.36. The Hall–Kier alpha value is -1.65. The summed E-state index contributed by atoms with van der Waals surface area (Å²) in [5.74, 6) is 2.48. The Balaban J connectivity index is 1.72. The number of hydrogen-bond donors (Lipinski definition) is 0. The van der Waals surface area contributed by atoms with Crippen molar-refractivity contribution in [3.8, 4) is 0 Å². The van der Waals surface area contributed by atoms with E-state index in [1.807, 2.05) is 24.2 Å². The molecule has 1 saturated carbocycles. The van der Waals surface area contributed by atoms with E-state index in [0.717, 1.165) is 50.4 Å². The molecule has 0 bridgehead atoms. The molecule has 2 heterocycles. The third-order valence-corrected chi connectivity index (χ3v) is 4.85. The zero-order valence-electron chi connectivity index (χ0n) is 14.7. The molecule has 0 spiro atoms. The first-order valence-corrected chi connectivity index (χ1v) is 8.71. The van der Waals surface area contributed by atoms with E-state index in [4.69, 9.17) is 4.98 Å². The minimum absolute atomic E-state index is 0.0517. The lowest BCUT2D eigenvalue weighted by molar-refractivity contribution is -0.133. The van der Waals surface area contributed by atoms with Crippen LogP contribution in [0.1, 0.15) is 52.3 Å². The zero-order chi connectivity index (χ0) is 16.6. The Kier molecular flexibility index (Phi) is 4.30. The van der Waals surface area contributed by atoms with Crippen LogP contribution in [-0.4, -0.2) is 47.0 Å². The Bertz CT molecular complexity index is 577. The van der Waals surface area contributed by atoms with Crippen molar-refractivity contribution in [3.05, 3.63) is 18.1 Å². The lowest BCUT2D eigenvalue weighted by Gasteiger charge is -2.38. The smallest absolute Gasteiger partial charge is 0.225 e. The summed E-state index contributed by atoms with van der Waals surface area (Å²) in [5.41, 5.74) is -0.0517. The van der Waals surface area contributed by atoms with Gasteiger partial charge in [-0.05, 0) is 31.7 Å². The lowest BCUT2D eigenvalue weighted by atomic mass is 9.96. The van der Waals surface area contributed by atoms with E-state index in [9.17, 15) is 4.79 Å². The summed E-state index contributed by atoms with van der Waals surface area (Å²) >= 11 is 0. The topological polar surface area (TPSA) is 49.3 Å². The normalized spacial score (nSPS) is 22.1. The summed E-state index contributed by atoms with van der Waals surface area (Å²) in [4.78, 5) is 25.8. The Morgan fingerprint density at radius 1 is 1.30 bits per heavy atom. The minimum Gasteiger partial charge on any atom is -0.354 e. The van der Waals surface area contributed by atoms with Crippen LogP contribution in [0.15, 0.2) is 12.3 Å². The SMILES string of the molecule is CN(C(=O)C1CC1)C1CCCN(c2ccnc(C(C)(C)C)n2)C1. The summed E-state index contributed by atoms with van der Waals surface area (Å²) < 4.78 is 0. The van der Waals surface area contributed by atoms with Gasteiger partial charge in [-0.2, -0.15) is 0 Å². The molecule has 1 unspecified atom stereocenters. The monoisotopic (exact) mass is 316 g/mol. The van der Waals surface area contributed by atoms with E-state index >= 15 is 0 Å². The highest BCUT2D eigenvalue weighted by molar-refractivity contribution is 5.81. The standard InChI is InChI=1S/C18H28N4O/c1-18(2,3)17-19-10-9-15(20-17)22-11-5-6-14(12-22)21(4)16(23)13-7-8-13/h9-10,13-14H,5-8,11-12H2,1-4H3. The van der Waals surface area contributed by atoms with Crippen LogP contribution < -0.4 is 4.90 Å². The molecule has 2 fully saturated rings. The van der Waals surface area contributed by atoms with Crippen LogP contribution in [-0.2, 0) is 10.2 Å². The fraction of sp³-hybridized carbons (Fsp3) is 0.722. The highest BCUT2D eigenvalue weighted by atomic mass is 16.2. The molecule has 23 heavy (non-hydrogen) atoms. The predicted octanol–water partition coefficient (Wildman–Crippen LogP) is 2.61. The van der Waals surface area contributed by atoms with Gasteiger partial charge in [0.2, 0.25) is 5.91 Å². The molecule has 1 aromatic heterocycles.